The molecule has 156 valence electrons. The lowest BCUT2D eigenvalue weighted by atomic mass is 9.79. The number of hydrogen-bond acceptors (Lipinski definition) is 6. The van der Waals surface area contributed by atoms with E-state index in [1.165, 1.54) is 26.4 Å². The summed E-state index contributed by atoms with van der Waals surface area (Å²) in [7, 11) is 2.94. The van der Waals surface area contributed by atoms with Crippen molar-refractivity contribution < 1.29 is 29.3 Å². The number of phenols is 2. The van der Waals surface area contributed by atoms with Gasteiger partial charge >= 0.3 is 0 Å². The Morgan fingerprint density at radius 1 is 0.793 bits per heavy atom. The predicted molar refractivity (Wildman–Crippen MR) is 110 cm³/mol. The zero-order chi connectivity index (χ0) is 21.6. The first kappa shape index (κ1) is 22.3. The van der Waals surface area contributed by atoms with E-state index in [1.54, 1.807) is 38.1 Å². The number of phenolic OH excluding ortho intramolecular Hbond substituents is 2. The molecule has 0 amide bonds. The molecular formula is C23H28O6. The number of aryl methyl sites for hydroxylation is 2. The van der Waals surface area contributed by atoms with Gasteiger partial charge in [0, 0.05) is 12.8 Å². The summed E-state index contributed by atoms with van der Waals surface area (Å²) >= 11 is 0. The Bertz CT molecular complexity index is 813. The average molecular weight is 400 g/mol. The van der Waals surface area contributed by atoms with Gasteiger partial charge in [-0.2, -0.15) is 0 Å². The van der Waals surface area contributed by atoms with Gasteiger partial charge in [0.2, 0.25) is 0 Å². The topological polar surface area (TPSA) is 93.1 Å². The minimum Gasteiger partial charge on any atom is -0.504 e. The summed E-state index contributed by atoms with van der Waals surface area (Å²) in [6.45, 7) is 3.32. The predicted octanol–water partition coefficient (Wildman–Crippen LogP) is 3.84. The fourth-order valence-corrected chi connectivity index (χ4v) is 3.05. The summed E-state index contributed by atoms with van der Waals surface area (Å²) in [6.07, 6.45) is 1.36. The summed E-state index contributed by atoms with van der Waals surface area (Å²) in [5.74, 6) is 0.549. The third-order valence-corrected chi connectivity index (χ3v) is 5.16. The van der Waals surface area contributed by atoms with Gasteiger partial charge in [0.15, 0.2) is 23.0 Å². The van der Waals surface area contributed by atoms with Crippen LogP contribution < -0.4 is 9.47 Å². The van der Waals surface area contributed by atoms with E-state index in [4.69, 9.17) is 9.47 Å². The first-order chi connectivity index (χ1) is 13.7. The van der Waals surface area contributed by atoms with Crippen molar-refractivity contribution in [1.82, 2.24) is 0 Å². The van der Waals surface area contributed by atoms with Gasteiger partial charge < -0.3 is 19.7 Å². The Morgan fingerprint density at radius 2 is 1.17 bits per heavy atom. The Hall–Kier alpha value is -3.02. The summed E-state index contributed by atoms with van der Waals surface area (Å²) in [5, 5.41) is 19.3. The molecule has 29 heavy (non-hydrogen) atoms. The second-order valence-electron chi connectivity index (χ2n) is 7.48. The fourth-order valence-electron chi connectivity index (χ4n) is 3.05. The molecule has 2 rings (SSSR count). The maximum absolute atomic E-state index is 12.7. The Balaban J connectivity index is 1.96. The molecule has 0 unspecified atom stereocenters. The summed E-state index contributed by atoms with van der Waals surface area (Å²) in [6, 6.07) is 9.91. The van der Waals surface area contributed by atoms with Crippen molar-refractivity contribution in [2.75, 3.05) is 14.2 Å². The fraction of sp³-hybridized carbons (Fsp3) is 0.391. The smallest absolute Gasteiger partial charge is 0.160 e. The van der Waals surface area contributed by atoms with Crippen LogP contribution in [0.2, 0.25) is 0 Å². The van der Waals surface area contributed by atoms with Gasteiger partial charge in [-0.3, -0.25) is 9.59 Å². The highest BCUT2D eigenvalue weighted by atomic mass is 16.5. The first-order valence-electron chi connectivity index (χ1n) is 9.47. The number of carbonyl (C=O) groups excluding carboxylic acids is 2. The normalized spacial score (nSPS) is 11.2. The number of aromatic hydroxyl groups is 2. The summed E-state index contributed by atoms with van der Waals surface area (Å²) in [5.41, 5.74) is 0.627. The summed E-state index contributed by atoms with van der Waals surface area (Å²) < 4.78 is 10.2. The van der Waals surface area contributed by atoms with Crippen molar-refractivity contribution in [2.45, 2.75) is 39.5 Å². The molecule has 6 heteroatoms. The first-order valence-corrected chi connectivity index (χ1v) is 9.47. The molecule has 2 aromatic carbocycles. The lowest BCUT2D eigenvalue weighted by Gasteiger charge is -2.22. The third-order valence-electron chi connectivity index (χ3n) is 5.16. The average Bonchev–Trinajstić information content (AvgIpc) is 2.71. The van der Waals surface area contributed by atoms with Crippen molar-refractivity contribution in [3.05, 3.63) is 47.5 Å². The van der Waals surface area contributed by atoms with E-state index in [0.29, 0.717) is 24.3 Å². The second kappa shape index (κ2) is 9.45. The largest absolute Gasteiger partial charge is 0.504 e. The molecule has 0 aromatic heterocycles. The van der Waals surface area contributed by atoms with Gasteiger partial charge in [0.1, 0.15) is 11.6 Å². The van der Waals surface area contributed by atoms with Crippen LogP contribution in [0.4, 0.5) is 0 Å². The number of carbonyl (C=O) groups is 2. The SMILES string of the molecule is COc1cc(CCC(=O)C(C)(C)C(=O)CCc2ccc(O)c(OC)c2)ccc1O. The lowest BCUT2D eigenvalue weighted by Crippen LogP contribution is -2.34. The molecule has 0 atom stereocenters. The molecule has 6 nitrogen and oxygen atoms in total. The highest BCUT2D eigenvalue weighted by molar-refractivity contribution is 6.06. The van der Waals surface area contributed by atoms with Crippen LogP contribution in [0.1, 0.15) is 37.8 Å². The van der Waals surface area contributed by atoms with Crippen molar-refractivity contribution in [3.8, 4) is 23.0 Å². The van der Waals surface area contributed by atoms with Crippen LogP contribution in [0.3, 0.4) is 0 Å². The highest BCUT2D eigenvalue weighted by Gasteiger charge is 2.34. The van der Waals surface area contributed by atoms with E-state index in [1.807, 2.05) is 0 Å². The maximum Gasteiger partial charge on any atom is 0.160 e. The van der Waals surface area contributed by atoms with Crippen LogP contribution in [-0.2, 0) is 22.4 Å². The molecule has 0 aliphatic carbocycles. The van der Waals surface area contributed by atoms with Gasteiger partial charge in [-0.15, -0.1) is 0 Å². The zero-order valence-corrected chi connectivity index (χ0v) is 17.3. The lowest BCUT2D eigenvalue weighted by molar-refractivity contribution is -0.138. The van der Waals surface area contributed by atoms with Gasteiger partial charge in [0.25, 0.3) is 0 Å². The van der Waals surface area contributed by atoms with E-state index in [-0.39, 0.29) is 35.9 Å². The standard InChI is InChI=1S/C23H28O6/c1-23(2,21(26)11-7-15-5-9-17(24)19(13-15)28-3)22(27)12-8-16-6-10-18(25)20(14-16)29-4/h5-6,9-10,13-14,24-25H,7-8,11-12H2,1-4H3. The molecule has 2 N–H and O–H groups in total. The minimum absolute atomic E-state index is 0.0453. The van der Waals surface area contributed by atoms with E-state index < -0.39 is 5.41 Å². The Labute approximate surface area is 171 Å². The number of Topliss-reactive ketones (excluding diaryl/α,β-unsaturated/α-hetero) is 2. The van der Waals surface area contributed by atoms with Gasteiger partial charge in [-0.05, 0) is 62.1 Å². The Kier molecular flexibility index (Phi) is 7.26. The number of ketones is 2. The van der Waals surface area contributed by atoms with Gasteiger partial charge in [-0.25, -0.2) is 0 Å². The molecule has 0 aliphatic heterocycles. The van der Waals surface area contributed by atoms with Crippen molar-refractivity contribution in [1.29, 1.82) is 0 Å². The quantitative estimate of drug-likeness (QED) is 0.589. The van der Waals surface area contributed by atoms with E-state index in [9.17, 15) is 19.8 Å². The monoisotopic (exact) mass is 400 g/mol. The van der Waals surface area contributed by atoms with Gasteiger partial charge in [0.05, 0.1) is 19.6 Å². The summed E-state index contributed by atoms with van der Waals surface area (Å²) in [4.78, 5) is 25.4. The molecule has 0 saturated heterocycles. The van der Waals surface area contributed by atoms with E-state index in [2.05, 4.69) is 0 Å². The number of benzene rings is 2. The van der Waals surface area contributed by atoms with E-state index in [0.717, 1.165) is 11.1 Å². The second-order valence-corrected chi connectivity index (χ2v) is 7.48. The molecular weight excluding hydrogens is 372 g/mol. The van der Waals surface area contributed by atoms with Crippen LogP contribution in [-0.4, -0.2) is 36.0 Å². The van der Waals surface area contributed by atoms with Crippen molar-refractivity contribution in [3.63, 3.8) is 0 Å². The number of ether oxygens (including phenoxy) is 2. The van der Waals surface area contributed by atoms with Crippen LogP contribution in [0.25, 0.3) is 0 Å². The molecule has 2 aromatic rings. The maximum atomic E-state index is 12.7. The highest BCUT2D eigenvalue weighted by Crippen LogP contribution is 2.30. The Morgan fingerprint density at radius 3 is 1.52 bits per heavy atom. The number of hydrogen-bond donors (Lipinski definition) is 2. The number of methoxy groups -OCH3 is 2. The molecule has 0 saturated carbocycles. The number of rotatable bonds is 10. The molecule has 0 fully saturated rings. The molecule has 0 radical (unpaired) electrons. The molecule has 0 spiro atoms. The molecule has 0 aliphatic rings. The third kappa shape index (κ3) is 5.50. The minimum atomic E-state index is -1.08. The van der Waals surface area contributed by atoms with Crippen molar-refractivity contribution in [2.24, 2.45) is 5.41 Å². The van der Waals surface area contributed by atoms with Crippen LogP contribution in [0.15, 0.2) is 36.4 Å². The van der Waals surface area contributed by atoms with E-state index >= 15 is 0 Å². The van der Waals surface area contributed by atoms with Crippen LogP contribution in [0.5, 0.6) is 23.0 Å². The van der Waals surface area contributed by atoms with Crippen LogP contribution in [0, 0.1) is 5.41 Å². The van der Waals surface area contributed by atoms with Crippen LogP contribution >= 0.6 is 0 Å². The molecule has 0 heterocycles. The zero-order valence-electron chi connectivity index (χ0n) is 17.3. The van der Waals surface area contributed by atoms with Gasteiger partial charge in [-0.1, -0.05) is 12.1 Å². The van der Waals surface area contributed by atoms with Crippen molar-refractivity contribution >= 4 is 11.6 Å². The molecule has 0 bridgehead atoms.